The van der Waals surface area contributed by atoms with E-state index in [0.717, 1.165) is 51.9 Å². The molecule has 0 spiro atoms. The number of aromatic nitrogens is 1. The fourth-order valence-electron chi connectivity index (χ4n) is 4.09. The van der Waals surface area contributed by atoms with Crippen molar-refractivity contribution >= 4 is 5.91 Å². The maximum Gasteiger partial charge on any atom is 0.276 e. The second kappa shape index (κ2) is 8.23. The Hall–Kier alpha value is -2.18. The predicted octanol–water partition coefficient (Wildman–Crippen LogP) is 2.65. The first-order valence-electron chi connectivity index (χ1n) is 9.89. The van der Waals surface area contributed by atoms with Crippen LogP contribution in [0.2, 0.25) is 0 Å². The number of carbonyl (C=O) groups is 1. The molecule has 6 nitrogen and oxygen atoms in total. The Bertz CT molecular complexity index is 745. The van der Waals surface area contributed by atoms with Crippen molar-refractivity contribution in [3.63, 3.8) is 0 Å². The molecule has 3 heterocycles. The van der Waals surface area contributed by atoms with E-state index in [1.165, 1.54) is 5.56 Å². The average Bonchev–Trinajstić information content (AvgIpc) is 3.18. The van der Waals surface area contributed by atoms with Crippen molar-refractivity contribution in [2.75, 3.05) is 26.2 Å². The SMILES string of the molecule is O=C(c1cc(CN2CCC(O)CC2)on1)N1CCC(c2ccccc2)CC1. The van der Waals surface area contributed by atoms with Gasteiger partial charge in [0.25, 0.3) is 5.91 Å². The third kappa shape index (κ3) is 4.39. The topological polar surface area (TPSA) is 69.8 Å². The van der Waals surface area contributed by atoms with Gasteiger partial charge in [0.15, 0.2) is 11.5 Å². The van der Waals surface area contributed by atoms with Gasteiger partial charge in [-0.05, 0) is 37.2 Å². The molecule has 0 unspecified atom stereocenters. The highest BCUT2D eigenvalue weighted by Crippen LogP contribution is 2.28. The van der Waals surface area contributed by atoms with Crippen LogP contribution in [0.5, 0.6) is 0 Å². The molecular formula is C21H27N3O3. The molecule has 2 aromatic rings. The third-order valence-corrected chi connectivity index (χ3v) is 5.77. The molecular weight excluding hydrogens is 342 g/mol. The fraction of sp³-hybridized carbons (Fsp3) is 0.524. The molecule has 0 atom stereocenters. The van der Waals surface area contributed by atoms with Gasteiger partial charge in [-0.3, -0.25) is 9.69 Å². The van der Waals surface area contributed by atoms with E-state index < -0.39 is 0 Å². The molecule has 27 heavy (non-hydrogen) atoms. The molecule has 1 aromatic heterocycles. The average molecular weight is 369 g/mol. The van der Waals surface area contributed by atoms with E-state index in [0.29, 0.717) is 23.9 Å². The van der Waals surface area contributed by atoms with Crippen LogP contribution in [-0.4, -0.2) is 58.3 Å². The molecule has 0 bridgehead atoms. The number of carbonyl (C=O) groups excluding carboxylic acids is 1. The van der Waals surface area contributed by atoms with Gasteiger partial charge < -0.3 is 14.5 Å². The van der Waals surface area contributed by atoms with E-state index >= 15 is 0 Å². The zero-order valence-electron chi connectivity index (χ0n) is 15.6. The van der Waals surface area contributed by atoms with E-state index in [2.05, 4.69) is 34.3 Å². The van der Waals surface area contributed by atoms with Crippen LogP contribution in [0, 0.1) is 0 Å². The van der Waals surface area contributed by atoms with E-state index in [1.54, 1.807) is 6.07 Å². The molecule has 4 rings (SSSR count). The van der Waals surface area contributed by atoms with Gasteiger partial charge in [0.1, 0.15) is 0 Å². The summed E-state index contributed by atoms with van der Waals surface area (Å²) in [6.45, 7) is 3.84. The molecule has 144 valence electrons. The summed E-state index contributed by atoms with van der Waals surface area (Å²) in [6, 6.07) is 12.3. The fourth-order valence-corrected chi connectivity index (χ4v) is 4.09. The minimum absolute atomic E-state index is 0.0365. The smallest absolute Gasteiger partial charge is 0.276 e. The molecule has 2 fully saturated rings. The van der Waals surface area contributed by atoms with E-state index in [4.69, 9.17) is 4.52 Å². The van der Waals surface area contributed by atoms with E-state index in [9.17, 15) is 9.90 Å². The number of likely N-dealkylation sites (tertiary alicyclic amines) is 2. The zero-order valence-corrected chi connectivity index (χ0v) is 15.6. The quantitative estimate of drug-likeness (QED) is 0.897. The molecule has 0 aliphatic carbocycles. The molecule has 6 heteroatoms. The Morgan fingerprint density at radius 2 is 1.78 bits per heavy atom. The van der Waals surface area contributed by atoms with Gasteiger partial charge in [-0.15, -0.1) is 0 Å². The molecule has 1 N–H and O–H groups in total. The lowest BCUT2D eigenvalue weighted by Gasteiger charge is -2.31. The molecule has 2 aliphatic heterocycles. The maximum absolute atomic E-state index is 12.7. The first-order chi connectivity index (χ1) is 13.2. The molecule has 1 amide bonds. The Morgan fingerprint density at radius 3 is 2.48 bits per heavy atom. The minimum atomic E-state index is -0.188. The monoisotopic (exact) mass is 369 g/mol. The van der Waals surface area contributed by atoms with Crippen molar-refractivity contribution in [3.05, 3.63) is 53.4 Å². The summed E-state index contributed by atoms with van der Waals surface area (Å²) < 4.78 is 5.39. The number of aliphatic hydroxyl groups is 1. The van der Waals surface area contributed by atoms with Crippen molar-refractivity contribution < 1.29 is 14.4 Å². The van der Waals surface area contributed by atoms with E-state index in [-0.39, 0.29) is 12.0 Å². The normalized spacial score (nSPS) is 20.1. The molecule has 1 aromatic carbocycles. The summed E-state index contributed by atoms with van der Waals surface area (Å²) in [5.74, 6) is 1.21. The van der Waals surface area contributed by atoms with Crippen molar-refractivity contribution in [1.82, 2.24) is 15.0 Å². The van der Waals surface area contributed by atoms with Gasteiger partial charge in [0.2, 0.25) is 0 Å². The summed E-state index contributed by atoms with van der Waals surface area (Å²) in [6.07, 6.45) is 3.35. The van der Waals surface area contributed by atoms with Crippen LogP contribution < -0.4 is 0 Å². The lowest BCUT2D eigenvalue weighted by molar-refractivity contribution is 0.0698. The number of nitrogens with zero attached hydrogens (tertiary/aromatic N) is 3. The van der Waals surface area contributed by atoms with Crippen LogP contribution in [0.4, 0.5) is 0 Å². The summed E-state index contributed by atoms with van der Waals surface area (Å²) in [5.41, 5.74) is 1.76. The molecule has 2 aliphatic rings. The molecule has 2 saturated heterocycles. The first-order valence-corrected chi connectivity index (χ1v) is 9.89. The van der Waals surface area contributed by atoms with Gasteiger partial charge in [-0.1, -0.05) is 35.5 Å². The second-order valence-corrected chi connectivity index (χ2v) is 7.66. The van der Waals surface area contributed by atoms with Gasteiger partial charge in [0.05, 0.1) is 12.6 Å². The van der Waals surface area contributed by atoms with Gasteiger partial charge in [-0.25, -0.2) is 0 Å². The number of amides is 1. The summed E-state index contributed by atoms with van der Waals surface area (Å²) in [4.78, 5) is 16.9. The van der Waals surface area contributed by atoms with Crippen LogP contribution in [0.15, 0.2) is 40.9 Å². The Labute approximate surface area is 159 Å². The Morgan fingerprint density at radius 1 is 1.07 bits per heavy atom. The largest absolute Gasteiger partial charge is 0.393 e. The predicted molar refractivity (Wildman–Crippen MR) is 101 cm³/mol. The van der Waals surface area contributed by atoms with Crippen LogP contribution in [0.3, 0.4) is 0 Å². The van der Waals surface area contributed by atoms with Gasteiger partial charge >= 0.3 is 0 Å². The number of benzene rings is 1. The van der Waals surface area contributed by atoms with Crippen LogP contribution in [0.1, 0.15) is 53.4 Å². The highest BCUT2D eigenvalue weighted by Gasteiger charge is 2.27. The summed E-state index contributed by atoms with van der Waals surface area (Å²) >= 11 is 0. The Balaban J connectivity index is 1.31. The lowest BCUT2D eigenvalue weighted by Crippen LogP contribution is -2.38. The summed E-state index contributed by atoms with van der Waals surface area (Å²) in [7, 11) is 0. The number of hydrogen-bond acceptors (Lipinski definition) is 5. The van der Waals surface area contributed by atoms with Crippen LogP contribution in [0.25, 0.3) is 0 Å². The van der Waals surface area contributed by atoms with Crippen molar-refractivity contribution in [1.29, 1.82) is 0 Å². The lowest BCUT2D eigenvalue weighted by atomic mass is 9.89. The highest BCUT2D eigenvalue weighted by atomic mass is 16.5. The standard InChI is InChI=1S/C21H27N3O3/c25-18-8-10-23(11-9-18)15-19-14-20(22-27-19)21(26)24-12-6-17(7-13-24)16-4-2-1-3-5-16/h1-5,14,17-18,25H,6-13,15H2. The second-order valence-electron chi connectivity index (χ2n) is 7.66. The highest BCUT2D eigenvalue weighted by molar-refractivity contribution is 5.92. The van der Waals surface area contributed by atoms with Crippen LogP contribution >= 0.6 is 0 Å². The number of piperidine rings is 2. The number of hydrogen-bond donors (Lipinski definition) is 1. The van der Waals surface area contributed by atoms with E-state index in [1.807, 2.05) is 11.0 Å². The molecule has 0 radical (unpaired) electrons. The van der Waals surface area contributed by atoms with Gasteiger partial charge in [-0.2, -0.15) is 0 Å². The third-order valence-electron chi connectivity index (χ3n) is 5.77. The van der Waals surface area contributed by atoms with Crippen LogP contribution in [-0.2, 0) is 6.54 Å². The summed E-state index contributed by atoms with van der Waals surface area (Å²) in [5, 5.41) is 13.6. The molecule has 0 saturated carbocycles. The van der Waals surface area contributed by atoms with Crippen molar-refractivity contribution in [2.24, 2.45) is 0 Å². The minimum Gasteiger partial charge on any atom is -0.393 e. The van der Waals surface area contributed by atoms with Crippen molar-refractivity contribution in [2.45, 2.75) is 44.2 Å². The first kappa shape index (κ1) is 18.2. The number of rotatable bonds is 4. The van der Waals surface area contributed by atoms with Gasteiger partial charge in [0, 0.05) is 32.2 Å². The maximum atomic E-state index is 12.7. The van der Waals surface area contributed by atoms with Crippen molar-refractivity contribution in [3.8, 4) is 0 Å². The zero-order chi connectivity index (χ0) is 18.6. The Kier molecular flexibility index (Phi) is 5.55. The number of aliphatic hydroxyl groups excluding tert-OH is 1.